The molecule has 75 heavy (non-hydrogen) atoms. The number of ether oxygens (including phenoxy) is 9. The molecule has 0 aromatic carbocycles. The molecule has 0 bridgehead atoms. The van der Waals surface area contributed by atoms with Gasteiger partial charge in [0.2, 0.25) is 5.91 Å². The third-order valence-electron chi connectivity index (χ3n) is 11.2. The molecule has 2 saturated heterocycles. The lowest BCUT2D eigenvalue weighted by Crippen LogP contribution is -2.71. The van der Waals surface area contributed by atoms with Crippen molar-refractivity contribution < 1.29 is 96.9 Å². The van der Waals surface area contributed by atoms with E-state index in [9.17, 15) is 54.3 Å². The van der Waals surface area contributed by atoms with E-state index in [0.717, 1.165) is 0 Å². The van der Waals surface area contributed by atoms with Crippen molar-refractivity contribution >= 4 is 36.4 Å². The molecule has 0 aromatic rings. The van der Waals surface area contributed by atoms with Crippen LogP contribution in [0.5, 0.6) is 0 Å². The average molecular weight is 1080 g/mol. The topological polar surface area (TPSA) is 350 Å². The Morgan fingerprint density at radius 3 is 1.33 bits per heavy atom. The predicted molar refractivity (Wildman–Crippen MR) is 266 cm³/mol. The molecular formula is C49H88N6O20. The number of nitrogens with one attached hydrogen (secondary N) is 5. The van der Waals surface area contributed by atoms with E-state index >= 15 is 0 Å². The van der Waals surface area contributed by atoms with Crippen LogP contribution in [0.25, 0.3) is 0 Å². The molecule has 6 amide bonds. The number of aliphatic hydroxyl groups is 5. The number of rotatable bonds is 15. The first kappa shape index (κ1) is 64.7. The highest BCUT2D eigenvalue weighted by Gasteiger charge is 2.55. The van der Waals surface area contributed by atoms with Crippen LogP contribution in [0.3, 0.4) is 0 Å². The molecule has 26 heteroatoms. The second-order valence-electron chi connectivity index (χ2n) is 24.0. The van der Waals surface area contributed by atoms with Gasteiger partial charge in [-0.15, -0.1) is 0 Å². The van der Waals surface area contributed by atoms with Gasteiger partial charge in [0, 0.05) is 26.6 Å². The van der Waals surface area contributed by atoms with Gasteiger partial charge in [0.1, 0.15) is 89.0 Å². The summed E-state index contributed by atoms with van der Waals surface area (Å²) in [6.07, 6.45) is -23.8. The lowest BCUT2D eigenvalue weighted by atomic mass is 9.83. The number of carbonyl (C=O) groups excluding carboxylic acids is 6. The Morgan fingerprint density at radius 1 is 0.507 bits per heavy atom. The normalized spacial score (nSPS) is 30.7. The number of carbonyl (C=O) groups is 6. The largest absolute Gasteiger partial charge is 0.444 e. The van der Waals surface area contributed by atoms with Gasteiger partial charge in [-0.05, 0) is 117 Å². The Hall–Kier alpha value is -4.54. The molecule has 26 nitrogen and oxygen atoms in total. The fourth-order valence-electron chi connectivity index (χ4n) is 8.13. The van der Waals surface area contributed by atoms with Crippen LogP contribution < -0.4 is 26.6 Å². The maximum absolute atomic E-state index is 13.7. The highest BCUT2D eigenvalue weighted by atomic mass is 16.7. The molecule has 10 N–H and O–H groups in total. The van der Waals surface area contributed by atoms with E-state index in [2.05, 4.69) is 26.6 Å². The second-order valence-corrected chi connectivity index (χ2v) is 24.0. The van der Waals surface area contributed by atoms with E-state index in [1.165, 1.54) is 11.8 Å². The van der Waals surface area contributed by atoms with Gasteiger partial charge >= 0.3 is 30.5 Å². The van der Waals surface area contributed by atoms with E-state index in [1.54, 1.807) is 104 Å². The maximum atomic E-state index is 13.7. The summed E-state index contributed by atoms with van der Waals surface area (Å²) < 4.78 is 52.8. The summed E-state index contributed by atoms with van der Waals surface area (Å²) in [4.78, 5) is 81.0. The number of hydrogen-bond acceptors (Lipinski definition) is 20. The molecule has 1 saturated carbocycles. The van der Waals surface area contributed by atoms with E-state index in [1.807, 2.05) is 6.92 Å². The Kier molecular flexibility index (Phi) is 22.6. The lowest BCUT2D eigenvalue weighted by molar-refractivity contribution is -0.321. The van der Waals surface area contributed by atoms with Crippen molar-refractivity contribution in [3.63, 3.8) is 0 Å². The highest BCUT2D eigenvalue weighted by Crippen LogP contribution is 2.34. The van der Waals surface area contributed by atoms with E-state index in [0.29, 0.717) is 12.8 Å². The van der Waals surface area contributed by atoms with Crippen LogP contribution >= 0.6 is 0 Å². The van der Waals surface area contributed by atoms with Crippen molar-refractivity contribution in [3.8, 4) is 0 Å². The Bertz CT molecular complexity index is 1910. The van der Waals surface area contributed by atoms with Crippen molar-refractivity contribution in [2.75, 3.05) is 19.6 Å². The summed E-state index contributed by atoms with van der Waals surface area (Å²) in [6, 6.07) is -6.11. The van der Waals surface area contributed by atoms with Gasteiger partial charge in [-0.2, -0.15) is 0 Å². The number of alkyl carbamates (subject to hydrolysis) is 5. The highest BCUT2D eigenvalue weighted by molar-refractivity contribution is 5.73. The lowest BCUT2D eigenvalue weighted by Gasteiger charge is -2.50. The number of hydrogen-bond donors (Lipinski definition) is 10. The van der Waals surface area contributed by atoms with Crippen molar-refractivity contribution in [2.24, 2.45) is 0 Å². The Labute approximate surface area is 440 Å². The van der Waals surface area contributed by atoms with Gasteiger partial charge in [0.25, 0.3) is 0 Å². The van der Waals surface area contributed by atoms with Crippen LogP contribution in [-0.4, -0.2) is 206 Å². The Morgan fingerprint density at radius 2 is 0.907 bits per heavy atom. The SMILES string of the molecule is CCCCN(CC1OC(OC2C(NC(=O)OC(C)(C)C)CC(NC(=O)OC(C)(C)C)C(OC3OC(CNC(=O)OC(C)(C)C)C(O)C(O)C3NC(=O)OC(C)(C)C)C2O)C(O)C(NC(=O)OC(C)(C)C)C1O)C(C)=O. The van der Waals surface area contributed by atoms with Crippen LogP contribution in [0.2, 0.25) is 0 Å². The van der Waals surface area contributed by atoms with Gasteiger partial charge in [-0.3, -0.25) is 4.79 Å². The summed E-state index contributed by atoms with van der Waals surface area (Å²) in [6.45, 7) is 26.7. The minimum atomic E-state index is -2.07. The van der Waals surface area contributed by atoms with Crippen LogP contribution in [0, 0.1) is 0 Å². The fraction of sp³-hybridized carbons (Fsp3) is 0.878. The molecule has 0 spiro atoms. The monoisotopic (exact) mass is 1080 g/mol. The summed E-state index contributed by atoms with van der Waals surface area (Å²) in [5.41, 5.74) is -5.14. The first-order valence-electron chi connectivity index (χ1n) is 25.4. The fourth-order valence-corrected chi connectivity index (χ4v) is 8.13. The van der Waals surface area contributed by atoms with Gasteiger partial charge in [0.05, 0.1) is 18.1 Å². The van der Waals surface area contributed by atoms with Crippen LogP contribution in [-0.2, 0) is 47.4 Å². The van der Waals surface area contributed by atoms with E-state index < -0.39 is 163 Å². The molecule has 434 valence electrons. The molecule has 3 fully saturated rings. The van der Waals surface area contributed by atoms with E-state index in [-0.39, 0.29) is 19.0 Å². The molecule has 3 aliphatic rings. The first-order valence-corrected chi connectivity index (χ1v) is 25.4. The zero-order valence-corrected chi connectivity index (χ0v) is 46.7. The number of amides is 6. The number of aliphatic hydroxyl groups excluding tert-OH is 5. The predicted octanol–water partition coefficient (Wildman–Crippen LogP) is 2.16. The van der Waals surface area contributed by atoms with Gasteiger partial charge in [-0.1, -0.05) is 13.3 Å². The standard InChI is InChI=1S/C49H88N6O20/c1-18-19-20-55(24(2)56)23-28-31(57)29(53-43(65)74-48(12,13)14)34(60)39(68-28)70-37-26(52-42(64)73-47(9,10)11)21-25(51-41(63)72-46(6,7)8)36(35(37)61)69-38-30(54-44(66)75-49(15,16)17)33(59)32(58)27(67-38)22-50-40(62)71-45(3,4)5/h25-39,57-61H,18-23H2,1-17H3,(H,50,62)(H,51,63)(H,52,64)(H,53,65)(H,54,66). The van der Waals surface area contributed by atoms with Gasteiger partial charge in [-0.25, -0.2) is 24.0 Å². The zero-order valence-electron chi connectivity index (χ0n) is 46.7. The van der Waals surface area contributed by atoms with Crippen LogP contribution in [0.15, 0.2) is 0 Å². The third-order valence-corrected chi connectivity index (χ3v) is 11.2. The molecule has 15 atom stereocenters. The number of nitrogens with zero attached hydrogens (tertiary/aromatic N) is 1. The van der Waals surface area contributed by atoms with Gasteiger partial charge in [0.15, 0.2) is 12.6 Å². The molecule has 0 aromatic heterocycles. The molecule has 0 radical (unpaired) electrons. The van der Waals surface area contributed by atoms with Crippen molar-refractivity contribution in [2.45, 2.75) is 257 Å². The Balaban J connectivity index is 2.25. The van der Waals surface area contributed by atoms with Crippen molar-refractivity contribution in [3.05, 3.63) is 0 Å². The quantitative estimate of drug-likeness (QED) is 0.105. The van der Waals surface area contributed by atoms with Crippen LogP contribution in [0.4, 0.5) is 24.0 Å². The van der Waals surface area contributed by atoms with E-state index in [4.69, 9.17) is 42.6 Å². The molecule has 2 aliphatic heterocycles. The molecule has 15 unspecified atom stereocenters. The molecule has 3 rings (SSSR count). The maximum Gasteiger partial charge on any atom is 0.408 e. The summed E-state index contributed by atoms with van der Waals surface area (Å²) in [5.74, 6) is -0.378. The average Bonchev–Trinajstić information content (AvgIpc) is 3.20. The summed E-state index contributed by atoms with van der Waals surface area (Å²) in [7, 11) is 0. The molecule has 2 heterocycles. The summed E-state index contributed by atoms with van der Waals surface area (Å²) in [5, 5.41) is 72.3. The van der Waals surface area contributed by atoms with Crippen molar-refractivity contribution in [1.29, 1.82) is 0 Å². The molecule has 1 aliphatic carbocycles. The minimum Gasteiger partial charge on any atom is -0.444 e. The third kappa shape index (κ3) is 21.4. The van der Waals surface area contributed by atoms with Crippen molar-refractivity contribution in [1.82, 2.24) is 31.5 Å². The van der Waals surface area contributed by atoms with Gasteiger partial charge < -0.3 is 99.6 Å². The smallest absolute Gasteiger partial charge is 0.408 e. The second kappa shape index (κ2) is 26.2. The minimum absolute atomic E-state index is 0.252. The number of unbranched alkanes of at least 4 members (excludes halogenated alkanes) is 1. The van der Waals surface area contributed by atoms with Crippen LogP contribution in [0.1, 0.15) is 137 Å². The zero-order chi connectivity index (χ0) is 57.3. The first-order chi connectivity index (χ1) is 34.2. The summed E-state index contributed by atoms with van der Waals surface area (Å²) >= 11 is 0. The molecular weight excluding hydrogens is 993 g/mol.